The lowest BCUT2D eigenvalue weighted by atomic mass is 9.89. The average molecular weight is 912 g/mol. The summed E-state index contributed by atoms with van der Waals surface area (Å²) in [5, 5.41) is 2.07. The van der Waals surface area contributed by atoms with Crippen molar-refractivity contribution in [1.29, 1.82) is 0 Å². The average Bonchev–Trinajstić information content (AvgIpc) is 3.68. The molecule has 12 rings (SSSR count). The first kappa shape index (κ1) is 34.9. The van der Waals surface area contributed by atoms with Crippen LogP contribution < -0.4 is 4.90 Å². The van der Waals surface area contributed by atoms with Crippen molar-refractivity contribution in [2.45, 2.75) is 0 Å². The maximum atomic E-state index is 9.95. The third-order valence-electron chi connectivity index (χ3n) is 13.0. The molecule has 71 heavy (non-hydrogen) atoms. The van der Waals surface area contributed by atoms with E-state index >= 15 is 0 Å². The number of hydrogen-bond acceptors (Lipinski definition) is 1. The summed E-state index contributed by atoms with van der Waals surface area (Å²) < 4.78 is 79.0. The highest BCUT2D eigenvalue weighted by Crippen LogP contribution is 2.43. The minimum atomic E-state index is -0.420. The van der Waals surface area contributed by atoms with Gasteiger partial charge in [0.05, 0.1) is 11.0 Å². The van der Waals surface area contributed by atoms with E-state index in [1.165, 1.54) is 4.90 Å². The van der Waals surface area contributed by atoms with E-state index < -0.39 is 24.2 Å². The van der Waals surface area contributed by atoms with Crippen molar-refractivity contribution in [1.82, 2.24) is 0 Å². The van der Waals surface area contributed by atoms with Gasteiger partial charge in [-0.1, -0.05) is 236 Å². The normalized spacial score (nSPS) is 12.7. The molecule has 0 fully saturated rings. The third kappa shape index (κ3) is 8.85. The highest BCUT2D eigenvalue weighted by atomic mass is 15.1. The summed E-state index contributed by atoms with van der Waals surface area (Å²) in [5.41, 5.74) is 12.0. The molecule has 0 spiro atoms. The Hall–Kier alpha value is -9.30. The van der Waals surface area contributed by atoms with Crippen molar-refractivity contribution in [3.63, 3.8) is 0 Å². The fraction of sp³-hybridized carbons (Fsp3) is 0. The van der Waals surface area contributed by atoms with E-state index in [0.29, 0.717) is 16.8 Å². The van der Waals surface area contributed by atoms with Crippen LogP contribution in [0.1, 0.15) is 11.0 Å². The molecule has 0 aliphatic carbocycles. The molecule has 0 aliphatic heterocycles. The number of benzene rings is 12. The van der Waals surface area contributed by atoms with Gasteiger partial charge in [0.2, 0.25) is 0 Å². The molecule has 0 aliphatic rings. The SMILES string of the molecule is [2H]c1c([2H])c(N(c2ccc(-c3c(-c4ccccc4)ccc4ccccc34)cc2)c2c([2H])c([2H])c(-c3ccc(-c4ccccc4)c(-c4ccccc4)c3)c([2H])c2[2H])c([2H])c([2H])c1-c1cc(-c2ccccc2)cc(-c2ccccc2)c1. The molecule has 0 atom stereocenters. The van der Waals surface area contributed by atoms with Gasteiger partial charge in [0.15, 0.2) is 0 Å². The van der Waals surface area contributed by atoms with Crippen LogP contribution in [-0.2, 0) is 0 Å². The fourth-order valence-corrected chi connectivity index (χ4v) is 9.50. The van der Waals surface area contributed by atoms with E-state index in [4.69, 9.17) is 0 Å². The first-order chi connectivity index (χ1) is 38.5. The van der Waals surface area contributed by atoms with Crippen molar-refractivity contribution in [2.24, 2.45) is 0 Å². The van der Waals surface area contributed by atoms with E-state index in [0.717, 1.165) is 77.5 Å². The summed E-state index contributed by atoms with van der Waals surface area (Å²) >= 11 is 0. The quantitative estimate of drug-likeness (QED) is 0.125. The van der Waals surface area contributed by atoms with Gasteiger partial charge >= 0.3 is 0 Å². The Morgan fingerprint density at radius 1 is 0.225 bits per heavy atom. The van der Waals surface area contributed by atoms with Crippen LogP contribution in [0, 0.1) is 0 Å². The smallest absolute Gasteiger partial charge is 0.0645 e. The zero-order valence-corrected chi connectivity index (χ0v) is 38.6. The van der Waals surface area contributed by atoms with Gasteiger partial charge in [-0.05, 0) is 160 Å². The van der Waals surface area contributed by atoms with E-state index in [2.05, 4.69) is 42.5 Å². The minimum Gasteiger partial charge on any atom is -0.311 e. The molecule has 12 aromatic rings. The zero-order chi connectivity index (χ0) is 54.3. The Kier molecular flexibility index (Phi) is 9.52. The highest BCUT2D eigenvalue weighted by Gasteiger charge is 2.18. The second-order valence-corrected chi connectivity index (χ2v) is 17.4. The Morgan fingerprint density at radius 2 is 0.620 bits per heavy atom. The van der Waals surface area contributed by atoms with Gasteiger partial charge in [-0.2, -0.15) is 0 Å². The Labute approximate surface area is 428 Å². The first-order valence-corrected chi connectivity index (χ1v) is 23.8. The highest BCUT2D eigenvalue weighted by molar-refractivity contribution is 6.04. The molecule has 1 heteroatoms. The van der Waals surface area contributed by atoms with E-state index in [9.17, 15) is 11.0 Å². The van der Waals surface area contributed by atoms with Crippen molar-refractivity contribution in [3.8, 4) is 89.0 Å². The van der Waals surface area contributed by atoms with Gasteiger partial charge in [-0.15, -0.1) is 0 Å². The van der Waals surface area contributed by atoms with Crippen molar-refractivity contribution in [3.05, 3.63) is 297 Å². The molecule has 334 valence electrons. The second-order valence-electron chi connectivity index (χ2n) is 17.4. The number of nitrogens with zero attached hydrogens (tertiary/aromatic N) is 1. The number of rotatable bonds is 11. The topological polar surface area (TPSA) is 3.24 Å². The second kappa shape index (κ2) is 19.4. The predicted octanol–water partition coefficient (Wildman–Crippen LogP) is 19.6. The molecule has 0 heterocycles. The van der Waals surface area contributed by atoms with Crippen LogP contribution in [0.3, 0.4) is 0 Å². The lowest BCUT2D eigenvalue weighted by Crippen LogP contribution is -2.09. The van der Waals surface area contributed by atoms with Crippen molar-refractivity contribution >= 4 is 27.8 Å². The predicted molar refractivity (Wildman–Crippen MR) is 302 cm³/mol. The standard InChI is InChI=1S/C70H49N/c1-6-18-50(19-7-1)60-46-61(51-20-8-2-9-21-51)48-62(47-60)53-32-40-64(41-33-53)71(65-42-34-58(35-43-65)70-67-29-17-16-28-57(67)36-45-68(70)55-24-12-4-13-25-55)63-38-30-52(31-39-63)59-37-44-66(54-22-10-3-11-23-54)69(49-59)56-26-14-5-15-27-56/h1-49H/i30D,31D,32D,33D,38D,39D,40D,41D. The molecule has 0 radical (unpaired) electrons. The summed E-state index contributed by atoms with van der Waals surface area (Å²) in [7, 11) is 0. The van der Waals surface area contributed by atoms with Gasteiger partial charge in [0, 0.05) is 17.1 Å². The van der Waals surface area contributed by atoms with Crippen LogP contribution in [0.4, 0.5) is 17.1 Å². The maximum absolute atomic E-state index is 9.95. The molecule has 0 N–H and O–H groups in total. The maximum Gasteiger partial charge on any atom is 0.0645 e. The molecule has 0 saturated heterocycles. The van der Waals surface area contributed by atoms with E-state index in [1.54, 1.807) is 12.1 Å². The van der Waals surface area contributed by atoms with Crippen LogP contribution in [0.25, 0.3) is 99.8 Å². The van der Waals surface area contributed by atoms with E-state index in [-0.39, 0.29) is 46.7 Å². The van der Waals surface area contributed by atoms with Crippen molar-refractivity contribution < 1.29 is 11.0 Å². The third-order valence-corrected chi connectivity index (χ3v) is 13.0. The molecule has 1 nitrogen and oxygen atoms in total. The summed E-state index contributed by atoms with van der Waals surface area (Å²) in [5.74, 6) is 0. The van der Waals surface area contributed by atoms with Crippen LogP contribution in [-0.4, -0.2) is 0 Å². The van der Waals surface area contributed by atoms with Gasteiger partial charge in [-0.3, -0.25) is 0 Å². The minimum absolute atomic E-state index is 0.0801. The first-order valence-electron chi connectivity index (χ1n) is 27.8. The van der Waals surface area contributed by atoms with Crippen LogP contribution >= 0.6 is 0 Å². The number of hydrogen-bond donors (Lipinski definition) is 0. The van der Waals surface area contributed by atoms with E-state index in [1.807, 2.05) is 194 Å². The number of fused-ring (bicyclic) bond motifs is 1. The molecule has 0 saturated carbocycles. The van der Waals surface area contributed by atoms with Gasteiger partial charge in [0.25, 0.3) is 0 Å². The zero-order valence-electron chi connectivity index (χ0n) is 46.6. The Morgan fingerprint density at radius 3 is 1.14 bits per heavy atom. The van der Waals surface area contributed by atoms with Crippen LogP contribution in [0.15, 0.2) is 297 Å². The van der Waals surface area contributed by atoms with Crippen LogP contribution in [0.5, 0.6) is 0 Å². The Bertz CT molecular complexity index is 4130. The molecule has 0 bridgehead atoms. The molecule has 0 amide bonds. The lowest BCUT2D eigenvalue weighted by molar-refractivity contribution is 1.28. The Balaban J connectivity index is 1.07. The fourth-order valence-electron chi connectivity index (χ4n) is 9.50. The van der Waals surface area contributed by atoms with Crippen molar-refractivity contribution in [2.75, 3.05) is 4.90 Å². The van der Waals surface area contributed by atoms with Crippen LogP contribution in [0.2, 0.25) is 0 Å². The molecular weight excluding hydrogens is 855 g/mol. The summed E-state index contributed by atoms with van der Waals surface area (Å²) in [6.07, 6.45) is 0. The molecule has 12 aromatic carbocycles. The molecule has 0 aromatic heterocycles. The number of anilines is 3. The lowest BCUT2D eigenvalue weighted by Gasteiger charge is -2.26. The monoisotopic (exact) mass is 911 g/mol. The van der Waals surface area contributed by atoms with Gasteiger partial charge in [-0.25, -0.2) is 0 Å². The van der Waals surface area contributed by atoms with Gasteiger partial charge in [0.1, 0.15) is 0 Å². The molecule has 0 unspecified atom stereocenters. The largest absolute Gasteiger partial charge is 0.311 e. The summed E-state index contributed by atoms with van der Waals surface area (Å²) in [6, 6.07) is 77.9. The molecular formula is C70H49N. The summed E-state index contributed by atoms with van der Waals surface area (Å²) in [4.78, 5) is 1.38. The summed E-state index contributed by atoms with van der Waals surface area (Å²) in [6.45, 7) is 0. The van der Waals surface area contributed by atoms with Gasteiger partial charge < -0.3 is 4.90 Å².